The lowest BCUT2D eigenvalue weighted by Crippen LogP contribution is -2.15. The topological polar surface area (TPSA) is 29.1 Å². The minimum absolute atomic E-state index is 0.00887. The molecule has 20 heavy (non-hydrogen) atoms. The van der Waals surface area contributed by atoms with Crippen LogP contribution < -0.4 is 5.32 Å². The molecule has 0 radical (unpaired) electrons. The number of alkyl halides is 1. The quantitative estimate of drug-likeness (QED) is 0.838. The van der Waals surface area contributed by atoms with Crippen LogP contribution in [0.15, 0.2) is 42.5 Å². The molecule has 104 valence electrons. The zero-order chi connectivity index (χ0) is 14.5. The third-order valence-electron chi connectivity index (χ3n) is 3.22. The monoisotopic (exact) mass is 287 g/mol. The molecule has 2 aromatic carbocycles. The predicted molar refractivity (Wildman–Crippen MR) is 84.2 cm³/mol. The van der Waals surface area contributed by atoms with Crippen LogP contribution in [-0.4, -0.2) is 5.91 Å². The van der Waals surface area contributed by atoms with Gasteiger partial charge in [-0.15, -0.1) is 11.6 Å². The van der Waals surface area contributed by atoms with E-state index >= 15 is 0 Å². The van der Waals surface area contributed by atoms with Crippen LogP contribution in [0.4, 0.5) is 5.69 Å². The van der Waals surface area contributed by atoms with Crippen LogP contribution in [0.5, 0.6) is 0 Å². The first-order valence-corrected chi connectivity index (χ1v) is 7.13. The van der Waals surface area contributed by atoms with E-state index in [4.69, 9.17) is 11.6 Å². The Hall–Kier alpha value is -1.80. The van der Waals surface area contributed by atoms with Gasteiger partial charge in [0.2, 0.25) is 5.91 Å². The molecule has 0 saturated heterocycles. The highest BCUT2D eigenvalue weighted by molar-refractivity contribution is 6.17. The molecule has 3 heteroatoms. The van der Waals surface area contributed by atoms with Gasteiger partial charge in [-0.05, 0) is 42.7 Å². The second-order valence-corrected chi connectivity index (χ2v) is 5.26. The zero-order valence-corrected chi connectivity index (χ0v) is 12.5. The van der Waals surface area contributed by atoms with Crippen LogP contribution in [0.1, 0.15) is 22.3 Å². The van der Waals surface area contributed by atoms with E-state index in [0.717, 1.165) is 22.4 Å². The number of aryl methyl sites for hydroxylation is 2. The van der Waals surface area contributed by atoms with Crippen LogP contribution in [-0.2, 0) is 17.1 Å². The number of carbonyl (C=O) groups excluding carboxylic acids is 1. The number of anilines is 1. The summed E-state index contributed by atoms with van der Waals surface area (Å²) >= 11 is 5.79. The fraction of sp³-hybridized carbons (Fsp3) is 0.235. The first kappa shape index (κ1) is 14.6. The van der Waals surface area contributed by atoms with Crippen molar-refractivity contribution in [2.45, 2.75) is 26.1 Å². The summed E-state index contributed by atoms with van der Waals surface area (Å²) in [6.45, 7) is 4.06. The fourth-order valence-corrected chi connectivity index (χ4v) is 2.27. The zero-order valence-electron chi connectivity index (χ0n) is 11.7. The van der Waals surface area contributed by atoms with E-state index in [0.29, 0.717) is 12.3 Å². The fourth-order valence-electron chi connectivity index (χ4n) is 2.10. The van der Waals surface area contributed by atoms with E-state index in [2.05, 4.69) is 17.4 Å². The van der Waals surface area contributed by atoms with Gasteiger partial charge in [0, 0.05) is 11.6 Å². The number of halogens is 1. The minimum atomic E-state index is -0.00887. The Morgan fingerprint density at radius 1 is 1.15 bits per heavy atom. The standard InChI is InChI=1S/C17H18ClNO/c1-12-6-7-13(2)15(8-12)10-17(20)19-16-5-3-4-14(9-16)11-18/h3-9H,10-11H2,1-2H3,(H,19,20). The van der Waals surface area contributed by atoms with Crippen molar-refractivity contribution in [1.82, 2.24) is 0 Å². The summed E-state index contributed by atoms with van der Waals surface area (Å²) in [6.07, 6.45) is 0.388. The maximum atomic E-state index is 12.1. The van der Waals surface area contributed by atoms with E-state index in [9.17, 15) is 4.79 Å². The van der Waals surface area contributed by atoms with Gasteiger partial charge < -0.3 is 5.32 Å². The van der Waals surface area contributed by atoms with Crippen molar-refractivity contribution < 1.29 is 4.79 Å². The van der Waals surface area contributed by atoms with Crippen molar-refractivity contribution >= 4 is 23.2 Å². The Labute approximate surface area is 124 Å². The number of benzene rings is 2. The second-order valence-electron chi connectivity index (χ2n) is 4.99. The molecule has 1 N–H and O–H groups in total. The molecule has 0 aromatic heterocycles. The molecule has 0 atom stereocenters. The number of rotatable bonds is 4. The molecule has 2 nitrogen and oxygen atoms in total. The van der Waals surface area contributed by atoms with Gasteiger partial charge in [-0.25, -0.2) is 0 Å². The Balaban J connectivity index is 2.07. The normalized spacial score (nSPS) is 10.3. The molecule has 0 aliphatic carbocycles. The van der Waals surface area contributed by atoms with Crippen LogP contribution in [0.3, 0.4) is 0 Å². The summed E-state index contributed by atoms with van der Waals surface area (Å²) in [5.74, 6) is 0.436. The van der Waals surface area contributed by atoms with Gasteiger partial charge in [0.15, 0.2) is 0 Å². The molecule has 0 unspecified atom stereocenters. The first-order chi connectivity index (χ1) is 9.58. The highest BCUT2D eigenvalue weighted by atomic mass is 35.5. The Kier molecular flexibility index (Phi) is 4.80. The van der Waals surface area contributed by atoms with Gasteiger partial charge in [-0.2, -0.15) is 0 Å². The lowest BCUT2D eigenvalue weighted by atomic mass is 10.0. The smallest absolute Gasteiger partial charge is 0.228 e. The molecule has 0 aliphatic heterocycles. The minimum Gasteiger partial charge on any atom is -0.326 e. The predicted octanol–water partition coefficient (Wildman–Crippen LogP) is 4.22. The van der Waals surface area contributed by atoms with Crippen LogP contribution in [0.25, 0.3) is 0 Å². The maximum Gasteiger partial charge on any atom is 0.228 e. The van der Waals surface area contributed by atoms with Gasteiger partial charge in [-0.3, -0.25) is 4.79 Å². The van der Waals surface area contributed by atoms with Crippen molar-refractivity contribution in [2.75, 3.05) is 5.32 Å². The van der Waals surface area contributed by atoms with Gasteiger partial charge in [-0.1, -0.05) is 35.9 Å². The highest BCUT2D eigenvalue weighted by Gasteiger charge is 2.07. The number of amides is 1. The Bertz CT molecular complexity index is 622. The average molecular weight is 288 g/mol. The Morgan fingerprint density at radius 2 is 1.95 bits per heavy atom. The molecule has 0 spiro atoms. The molecule has 2 rings (SSSR count). The number of hydrogen-bond acceptors (Lipinski definition) is 1. The summed E-state index contributed by atoms with van der Waals surface area (Å²) in [6, 6.07) is 13.8. The lowest BCUT2D eigenvalue weighted by molar-refractivity contribution is -0.115. The molecule has 0 bridgehead atoms. The third-order valence-corrected chi connectivity index (χ3v) is 3.53. The van der Waals surface area contributed by atoms with Gasteiger partial charge in [0.05, 0.1) is 6.42 Å². The van der Waals surface area contributed by atoms with E-state index < -0.39 is 0 Å². The van der Waals surface area contributed by atoms with Crippen molar-refractivity contribution in [2.24, 2.45) is 0 Å². The SMILES string of the molecule is Cc1ccc(C)c(CC(=O)Nc2cccc(CCl)c2)c1. The molecular weight excluding hydrogens is 270 g/mol. The van der Waals surface area contributed by atoms with Crippen LogP contribution in [0.2, 0.25) is 0 Å². The molecule has 1 amide bonds. The summed E-state index contributed by atoms with van der Waals surface area (Å²) in [7, 11) is 0. The van der Waals surface area contributed by atoms with Gasteiger partial charge >= 0.3 is 0 Å². The molecule has 0 fully saturated rings. The second kappa shape index (κ2) is 6.58. The molecule has 0 saturated carbocycles. The summed E-state index contributed by atoms with van der Waals surface area (Å²) in [5.41, 5.74) is 5.16. The molecule has 0 heterocycles. The average Bonchev–Trinajstić information content (AvgIpc) is 2.43. The Morgan fingerprint density at radius 3 is 2.70 bits per heavy atom. The van der Waals surface area contributed by atoms with Crippen LogP contribution in [0, 0.1) is 13.8 Å². The van der Waals surface area contributed by atoms with E-state index in [-0.39, 0.29) is 5.91 Å². The molecule has 0 aliphatic rings. The number of hydrogen-bond donors (Lipinski definition) is 1. The summed E-state index contributed by atoms with van der Waals surface area (Å²) in [4.78, 5) is 12.1. The summed E-state index contributed by atoms with van der Waals surface area (Å²) in [5, 5.41) is 2.91. The highest BCUT2D eigenvalue weighted by Crippen LogP contribution is 2.15. The lowest BCUT2D eigenvalue weighted by Gasteiger charge is -2.09. The van der Waals surface area contributed by atoms with Crippen molar-refractivity contribution in [3.05, 3.63) is 64.7 Å². The van der Waals surface area contributed by atoms with E-state index in [1.54, 1.807) is 0 Å². The van der Waals surface area contributed by atoms with E-state index in [1.807, 2.05) is 44.2 Å². The molecular formula is C17H18ClNO. The van der Waals surface area contributed by atoms with Gasteiger partial charge in [0.25, 0.3) is 0 Å². The molecule has 2 aromatic rings. The van der Waals surface area contributed by atoms with Crippen molar-refractivity contribution in [3.63, 3.8) is 0 Å². The number of carbonyl (C=O) groups is 1. The van der Waals surface area contributed by atoms with Crippen molar-refractivity contribution in [1.29, 1.82) is 0 Å². The largest absolute Gasteiger partial charge is 0.326 e. The third kappa shape index (κ3) is 3.84. The maximum absolute atomic E-state index is 12.1. The van der Waals surface area contributed by atoms with Crippen molar-refractivity contribution in [3.8, 4) is 0 Å². The van der Waals surface area contributed by atoms with E-state index in [1.165, 1.54) is 5.56 Å². The number of nitrogens with one attached hydrogen (secondary N) is 1. The van der Waals surface area contributed by atoms with Gasteiger partial charge in [0.1, 0.15) is 0 Å². The van der Waals surface area contributed by atoms with Crippen LogP contribution >= 0.6 is 11.6 Å². The summed E-state index contributed by atoms with van der Waals surface area (Å²) < 4.78 is 0. The first-order valence-electron chi connectivity index (χ1n) is 6.59.